The Hall–Kier alpha value is -0.970. The maximum atomic E-state index is 14.3. The smallest absolute Gasteiger partial charge is 0.142 e. The Morgan fingerprint density at radius 2 is 2.15 bits per heavy atom. The van der Waals surface area contributed by atoms with E-state index in [9.17, 15) is 4.39 Å². The van der Waals surface area contributed by atoms with Gasteiger partial charge >= 0.3 is 0 Å². The van der Waals surface area contributed by atoms with E-state index < -0.39 is 0 Å². The predicted octanol–water partition coefficient (Wildman–Crippen LogP) is 4.73. The highest BCUT2D eigenvalue weighted by Crippen LogP contribution is 2.28. The molecule has 0 aliphatic rings. The van der Waals surface area contributed by atoms with E-state index in [4.69, 9.17) is 11.6 Å². The minimum Gasteiger partial charge on any atom is -0.305 e. The Morgan fingerprint density at radius 3 is 2.80 bits per heavy atom. The molecule has 0 fully saturated rings. The summed E-state index contributed by atoms with van der Waals surface area (Å²) in [5, 5.41) is 3.89. The third-order valence-electron chi connectivity index (χ3n) is 2.94. The van der Waals surface area contributed by atoms with Crippen LogP contribution in [0, 0.1) is 5.82 Å². The Morgan fingerprint density at radius 1 is 1.35 bits per heavy atom. The molecular weight excluding hydrogens is 343 g/mol. The van der Waals surface area contributed by atoms with Crippen molar-refractivity contribution in [3.05, 3.63) is 63.1 Å². The van der Waals surface area contributed by atoms with E-state index in [-0.39, 0.29) is 11.9 Å². The molecule has 5 heteroatoms. The van der Waals surface area contributed by atoms with Crippen LogP contribution in [0.25, 0.3) is 0 Å². The summed E-state index contributed by atoms with van der Waals surface area (Å²) < 4.78 is 14.8. The van der Waals surface area contributed by atoms with Gasteiger partial charge in [-0.2, -0.15) is 0 Å². The third kappa shape index (κ3) is 3.57. The first-order valence-electron chi connectivity index (χ1n) is 6.42. The summed E-state index contributed by atoms with van der Waals surface area (Å²) in [5.41, 5.74) is 1.32. The van der Waals surface area contributed by atoms with Crippen LogP contribution < -0.4 is 5.32 Å². The lowest BCUT2D eigenvalue weighted by atomic mass is 10.0. The van der Waals surface area contributed by atoms with Gasteiger partial charge in [0, 0.05) is 11.8 Å². The van der Waals surface area contributed by atoms with Crippen LogP contribution in [0.5, 0.6) is 0 Å². The fourth-order valence-electron chi connectivity index (χ4n) is 1.96. The molecule has 2 aromatic rings. The summed E-state index contributed by atoms with van der Waals surface area (Å²) in [5.74, 6) is -0.266. The SMILES string of the molecule is CCCNC(c1ccc(Cl)cn1)c1cccc(Br)c1F. The molecule has 1 unspecified atom stereocenters. The van der Waals surface area contributed by atoms with Crippen LogP contribution in [0.4, 0.5) is 4.39 Å². The zero-order valence-electron chi connectivity index (χ0n) is 11.0. The summed E-state index contributed by atoms with van der Waals surface area (Å²) in [7, 11) is 0. The number of hydrogen-bond acceptors (Lipinski definition) is 2. The number of halogens is 3. The normalized spacial score (nSPS) is 12.4. The topological polar surface area (TPSA) is 24.9 Å². The van der Waals surface area contributed by atoms with Gasteiger partial charge in [-0.05, 0) is 47.1 Å². The molecule has 0 spiro atoms. The van der Waals surface area contributed by atoms with E-state index in [1.165, 1.54) is 0 Å². The molecule has 1 N–H and O–H groups in total. The quantitative estimate of drug-likeness (QED) is 0.837. The average Bonchev–Trinajstić information content (AvgIpc) is 2.45. The molecule has 0 aliphatic heterocycles. The predicted molar refractivity (Wildman–Crippen MR) is 83.5 cm³/mol. The largest absolute Gasteiger partial charge is 0.305 e. The summed E-state index contributed by atoms with van der Waals surface area (Å²) in [6, 6.07) is 8.56. The van der Waals surface area contributed by atoms with Crippen molar-refractivity contribution in [1.82, 2.24) is 10.3 Å². The van der Waals surface area contributed by atoms with Crippen molar-refractivity contribution in [3.63, 3.8) is 0 Å². The highest BCUT2D eigenvalue weighted by Gasteiger charge is 2.19. The summed E-state index contributed by atoms with van der Waals surface area (Å²) in [6.45, 7) is 2.84. The number of nitrogens with zero attached hydrogens (tertiary/aromatic N) is 1. The molecule has 0 aliphatic carbocycles. The van der Waals surface area contributed by atoms with Gasteiger partial charge in [0.1, 0.15) is 5.82 Å². The van der Waals surface area contributed by atoms with Gasteiger partial charge in [0.15, 0.2) is 0 Å². The van der Waals surface area contributed by atoms with Crippen LogP contribution in [0.3, 0.4) is 0 Å². The monoisotopic (exact) mass is 356 g/mol. The van der Waals surface area contributed by atoms with Crippen molar-refractivity contribution in [2.24, 2.45) is 0 Å². The van der Waals surface area contributed by atoms with Gasteiger partial charge in [0.25, 0.3) is 0 Å². The number of nitrogens with one attached hydrogen (secondary N) is 1. The molecule has 1 aromatic heterocycles. The molecule has 20 heavy (non-hydrogen) atoms. The van der Waals surface area contributed by atoms with Crippen LogP contribution in [0.1, 0.15) is 30.6 Å². The number of benzene rings is 1. The fourth-order valence-corrected chi connectivity index (χ4v) is 2.46. The first kappa shape index (κ1) is 15.4. The lowest BCUT2D eigenvalue weighted by molar-refractivity contribution is 0.536. The summed E-state index contributed by atoms with van der Waals surface area (Å²) in [6.07, 6.45) is 2.53. The Labute approximate surface area is 131 Å². The molecule has 2 nitrogen and oxygen atoms in total. The van der Waals surface area contributed by atoms with Crippen molar-refractivity contribution in [3.8, 4) is 0 Å². The Kier molecular flexibility index (Phi) is 5.52. The summed E-state index contributed by atoms with van der Waals surface area (Å²) >= 11 is 9.08. The molecule has 106 valence electrons. The first-order valence-corrected chi connectivity index (χ1v) is 7.59. The molecule has 0 saturated heterocycles. The van der Waals surface area contributed by atoms with E-state index in [1.807, 2.05) is 12.1 Å². The number of rotatable bonds is 5. The van der Waals surface area contributed by atoms with E-state index in [0.717, 1.165) is 18.7 Å². The number of hydrogen-bond donors (Lipinski definition) is 1. The van der Waals surface area contributed by atoms with E-state index >= 15 is 0 Å². The maximum Gasteiger partial charge on any atom is 0.142 e. The maximum absolute atomic E-state index is 14.3. The Bertz CT molecular complexity index is 575. The second kappa shape index (κ2) is 7.16. The zero-order valence-corrected chi connectivity index (χ0v) is 13.4. The van der Waals surface area contributed by atoms with Gasteiger partial charge in [0.2, 0.25) is 0 Å². The van der Waals surface area contributed by atoms with Crippen LogP contribution in [0.2, 0.25) is 5.02 Å². The summed E-state index contributed by atoms with van der Waals surface area (Å²) in [4.78, 5) is 4.30. The van der Waals surface area contributed by atoms with Gasteiger partial charge in [-0.1, -0.05) is 30.7 Å². The van der Waals surface area contributed by atoms with Crippen LogP contribution in [-0.2, 0) is 0 Å². The second-order valence-electron chi connectivity index (χ2n) is 4.43. The first-order chi connectivity index (χ1) is 9.63. The third-order valence-corrected chi connectivity index (χ3v) is 3.77. The van der Waals surface area contributed by atoms with Crippen LogP contribution >= 0.6 is 27.5 Å². The molecule has 1 atom stereocenters. The van der Waals surface area contributed by atoms with Crippen molar-refractivity contribution in [2.45, 2.75) is 19.4 Å². The van der Waals surface area contributed by atoms with E-state index in [0.29, 0.717) is 15.1 Å². The van der Waals surface area contributed by atoms with Crippen molar-refractivity contribution in [1.29, 1.82) is 0 Å². The molecular formula is C15H15BrClFN2. The number of pyridine rings is 1. The van der Waals surface area contributed by atoms with Gasteiger partial charge < -0.3 is 5.32 Å². The number of aromatic nitrogens is 1. The van der Waals surface area contributed by atoms with Crippen molar-refractivity contribution in [2.75, 3.05) is 6.54 Å². The molecule has 0 amide bonds. The lowest BCUT2D eigenvalue weighted by Crippen LogP contribution is -2.25. The molecule has 0 radical (unpaired) electrons. The lowest BCUT2D eigenvalue weighted by Gasteiger charge is -2.19. The van der Waals surface area contributed by atoms with Gasteiger partial charge in [-0.3, -0.25) is 4.98 Å². The molecule has 1 heterocycles. The van der Waals surface area contributed by atoms with Crippen molar-refractivity contribution < 1.29 is 4.39 Å². The Balaban J connectivity index is 2.41. The zero-order chi connectivity index (χ0) is 14.5. The van der Waals surface area contributed by atoms with Crippen LogP contribution in [-0.4, -0.2) is 11.5 Å². The molecule has 1 aromatic carbocycles. The van der Waals surface area contributed by atoms with Gasteiger partial charge in [-0.25, -0.2) is 4.39 Å². The van der Waals surface area contributed by atoms with E-state index in [2.05, 4.69) is 33.2 Å². The fraction of sp³-hybridized carbons (Fsp3) is 0.267. The van der Waals surface area contributed by atoms with Crippen LogP contribution in [0.15, 0.2) is 41.0 Å². The minimum atomic E-state index is -0.287. The highest BCUT2D eigenvalue weighted by atomic mass is 79.9. The van der Waals surface area contributed by atoms with Gasteiger partial charge in [-0.15, -0.1) is 0 Å². The molecule has 0 saturated carbocycles. The molecule has 2 rings (SSSR count). The van der Waals surface area contributed by atoms with Gasteiger partial charge in [0.05, 0.1) is 21.2 Å². The highest BCUT2D eigenvalue weighted by molar-refractivity contribution is 9.10. The van der Waals surface area contributed by atoms with Crippen molar-refractivity contribution >= 4 is 27.5 Å². The molecule has 0 bridgehead atoms. The van der Waals surface area contributed by atoms with E-state index in [1.54, 1.807) is 24.4 Å². The minimum absolute atomic E-state index is 0.266. The second-order valence-corrected chi connectivity index (χ2v) is 5.72. The standard InChI is InChI=1S/C15H15BrClFN2/c1-2-8-19-15(13-7-6-10(17)9-20-13)11-4-3-5-12(16)14(11)18/h3-7,9,15,19H,2,8H2,1H3. The average molecular weight is 358 g/mol.